The number of carbonyl (C=O) groups excluding carboxylic acids is 1. The highest BCUT2D eigenvalue weighted by atomic mass is 16.6. The van der Waals surface area contributed by atoms with Crippen molar-refractivity contribution in [3.8, 4) is 5.75 Å². The van der Waals surface area contributed by atoms with Crippen LogP contribution in [0.25, 0.3) is 10.9 Å². The molecule has 2 unspecified atom stereocenters. The van der Waals surface area contributed by atoms with E-state index in [0.717, 1.165) is 10.9 Å². The molecule has 1 aromatic carbocycles. The second-order valence-corrected chi connectivity index (χ2v) is 4.97. The van der Waals surface area contributed by atoms with Gasteiger partial charge in [0.05, 0.1) is 18.7 Å². The second kappa shape index (κ2) is 6.20. The fourth-order valence-electron chi connectivity index (χ4n) is 2.32. The average molecular weight is 287 g/mol. The number of rotatable bonds is 6. The van der Waals surface area contributed by atoms with Gasteiger partial charge in [-0.05, 0) is 18.2 Å². The summed E-state index contributed by atoms with van der Waals surface area (Å²) in [5.41, 5.74) is 0.873. The molecule has 110 valence electrons. The van der Waals surface area contributed by atoms with Crippen molar-refractivity contribution in [2.75, 3.05) is 20.3 Å². The van der Waals surface area contributed by atoms with E-state index in [0.29, 0.717) is 25.4 Å². The third-order valence-corrected chi connectivity index (χ3v) is 3.51. The zero-order valence-corrected chi connectivity index (χ0v) is 11.8. The molecule has 1 aromatic heterocycles. The Morgan fingerprint density at radius 3 is 3.00 bits per heavy atom. The second-order valence-electron chi connectivity index (χ2n) is 4.97. The smallest absolute Gasteiger partial charge is 0.169 e. The minimum atomic E-state index is -0.487. The SMILES string of the molecule is COCCOC1C(=O)CC1Oc1ccc2cccnc2c1. The third-order valence-electron chi connectivity index (χ3n) is 3.51. The molecule has 0 spiro atoms. The lowest BCUT2D eigenvalue weighted by Crippen LogP contribution is -2.52. The summed E-state index contributed by atoms with van der Waals surface area (Å²) >= 11 is 0. The van der Waals surface area contributed by atoms with Crippen molar-refractivity contribution < 1.29 is 19.0 Å². The highest BCUT2D eigenvalue weighted by Gasteiger charge is 2.42. The summed E-state index contributed by atoms with van der Waals surface area (Å²) < 4.78 is 16.2. The van der Waals surface area contributed by atoms with Gasteiger partial charge in [0.1, 0.15) is 11.9 Å². The van der Waals surface area contributed by atoms with E-state index in [-0.39, 0.29) is 11.9 Å². The standard InChI is InChI=1S/C16H17NO4/c1-19-7-8-20-16-14(18)10-15(16)21-12-5-4-11-3-2-6-17-13(11)9-12/h2-6,9,15-16H,7-8,10H2,1H3. The van der Waals surface area contributed by atoms with Crippen molar-refractivity contribution in [3.63, 3.8) is 0 Å². The average Bonchev–Trinajstić information content (AvgIpc) is 2.51. The van der Waals surface area contributed by atoms with Crippen LogP contribution in [0.1, 0.15) is 6.42 Å². The Bertz CT molecular complexity index is 643. The molecule has 1 aliphatic rings. The number of methoxy groups -OCH3 is 1. The van der Waals surface area contributed by atoms with Crippen LogP contribution in [0.15, 0.2) is 36.5 Å². The Balaban J connectivity index is 1.65. The van der Waals surface area contributed by atoms with Crippen molar-refractivity contribution in [1.29, 1.82) is 0 Å². The minimum Gasteiger partial charge on any atom is -0.487 e. The molecule has 2 atom stereocenters. The molecule has 1 heterocycles. The molecule has 1 saturated carbocycles. The molecule has 0 amide bonds. The maximum atomic E-state index is 11.6. The Labute approximate surface area is 122 Å². The number of pyridine rings is 1. The van der Waals surface area contributed by atoms with Gasteiger partial charge in [0.25, 0.3) is 0 Å². The first-order chi connectivity index (χ1) is 10.3. The van der Waals surface area contributed by atoms with Gasteiger partial charge in [-0.25, -0.2) is 0 Å². The number of ketones is 1. The molecule has 5 heteroatoms. The van der Waals surface area contributed by atoms with E-state index in [1.54, 1.807) is 13.3 Å². The van der Waals surface area contributed by atoms with Crippen LogP contribution in [-0.4, -0.2) is 43.3 Å². The van der Waals surface area contributed by atoms with E-state index in [2.05, 4.69) is 4.98 Å². The van der Waals surface area contributed by atoms with E-state index in [1.807, 2.05) is 30.3 Å². The molecule has 0 bridgehead atoms. The van der Waals surface area contributed by atoms with E-state index in [1.165, 1.54) is 0 Å². The number of Topliss-reactive ketones (excluding diaryl/α,β-unsaturated/α-hetero) is 1. The monoisotopic (exact) mass is 287 g/mol. The molecule has 2 aromatic rings. The lowest BCUT2D eigenvalue weighted by molar-refractivity contribution is -0.156. The summed E-state index contributed by atoms with van der Waals surface area (Å²) in [6.07, 6.45) is 1.42. The van der Waals surface area contributed by atoms with Gasteiger partial charge in [0, 0.05) is 31.2 Å². The van der Waals surface area contributed by atoms with Gasteiger partial charge in [-0.3, -0.25) is 9.78 Å². The highest BCUT2D eigenvalue weighted by Crippen LogP contribution is 2.27. The maximum Gasteiger partial charge on any atom is 0.169 e. The summed E-state index contributed by atoms with van der Waals surface area (Å²) in [7, 11) is 1.60. The topological polar surface area (TPSA) is 57.7 Å². The predicted molar refractivity (Wildman–Crippen MR) is 77.4 cm³/mol. The van der Waals surface area contributed by atoms with Crippen LogP contribution in [0.3, 0.4) is 0 Å². The number of nitrogens with zero attached hydrogens (tertiary/aromatic N) is 1. The van der Waals surface area contributed by atoms with E-state index < -0.39 is 6.10 Å². The van der Waals surface area contributed by atoms with E-state index in [4.69, 9.17) is 14.2 Å². The number of benzene rings is 1. The molecule has 21 heavy (non-hydrogen) atoms. The zero-order valence-electron chi connectivity index (χ0n) is 11.8. The van der Waals surface area contributed by atoms with Gasteiger partial charge >= 0.3 is 0 Å². The lowest BCUT2D eigenvalue weighted by Gasteiger charge is -2.34. The lowest BCUT2D eigenvalue weighted by atomic mass is 9.90. The summed E-state index contributed by atoms with van der Waals surface area (Å²) in [5.74, 6) is 0.786. The number of hydrogen-bond donors (Lipinski definition) is 0. The Morgan fingerprint density at radius 2 is 2.19 bits per heavy atom. The van der Waals surface area contributed by atoms with Crippen molar-refractivity contribution in [3.05, 3.63) is 36.5 Å². The molecule has 0 saturated heterocycles. The molecular formula is C16H17NO4. The maximum absolute atomic E-state index is 11.6. The fraction of sp³-hybridized carbons (Fsp3) is 0.375. The van der Waals surface area contributed by atoms with Crippen molar-refractivity contribution >= 4 is 16.7 Å². The first kappa shape index (κ1) is 14.0. The van der Waals surface area contributed by atoms with Crippen molar-refractivity contribution in [2.24, 2.45) is 0 Å². The molecule has 1 fully saturated rings. The molecule has 3 rings (SSSR count). The molecule has 0 N–H and O–H groups in total. The molecule has 0 radical (unpaired) electrons. The summed E-state index contributed by atoms with van der Waals surface area (Å²) in [5, 5.41) is 1.06. The zero-order chi connectivity index (χ0) is 14.7. The largest absolute Gasteiger partial charge is 0.487 e. The summed E-state index contributed by atoms with van der Waals surface area (Å²) in [6.45, 7) is 0.864. The van der Waals surface area contributed by atoms with Crippen LogP contribution in [0.4, 0.5) is 0 Å². The molecular weight excluding hydrogens is 270 g/mol. The summed E-state index contributed by atoms with van der Waals surface area (Å²) in [4.78, 5) is 15.9. The molecule has 0 aliphatic heterocycles. The normalized spacial score (nSPS) is 21.3. The van der Waals surface area contributed by atoms with Gasteiger partial charge in [-0.1, -0.05) is 6.07 Å². The first-order valence-corrected chi connectivity index (χ1v) is 6.92. The van der Waals surface area contributed by atoms with Gasteiger partial charge in [0.15, 0.2) is 11.9 Å². The van der Waals surface area contributed by atoms with Gasteiger partial charge < -0.3 is 14.2 Å². The number of aromatic nitrogens is 1. The number of hydrogen-bond acceptors (Lipinski definition) is 5. The Morgan fingerprint density at radius 1 is 1.29 bits per heavy atom. The summed E-state index contributed by atoms with van der Waals surface area (Å²) in [6, 6.07) is 9.62. The fourth-order valence-corrected chi connectivity index (χ4v) is 2.32. The van der Waals surface area contributed by atoms with Crippen molar-refractivity contribution in [1.82, 2.24) is 4.98 Å². The van der Waals surface area contributed by atoms with Crippen LogP contribution >= 0.6 is 0 Å². The number of fused-ring (bicyclic) bond motifs is 1. The third kappa shape index (κ3) is 3.04. The molecule has 1 aliphatic carbocycles. The van der Waals surface area contributed by atoms with E-state index in [9.17, 15) is 4.79 Å². The van der Waals surface area contributed by atoms with E-state index >= 15 is 0 Å². The quantitative estimate of drug-likeness (QED) is 0.760. The predicted octanol–water partition coefficient (Wildman–Crippen LogP) is 1.99. The van der Waals surface area contributed by atoms with Crippen LogP contribution in [0.2, 0.25) is 0 Å². The number of carbonyl (C=O) groups is 1. The molecule has 5 nitrogen and oxygen atoms in total. The minimum absolute atomic E-state index is 0.0787. The first-order valence-electron chi connectivity index (χ1n) is 6.92. The van der Waals surface area contributed by atoms with Crippen LogP contribution in [0.5, 0.6) is 5.75 Å². The number of ether oxygens (including phenoxy) is 3. The Kier molecular flexibility index (Phi) is 4.13. The van der Waals surface area contributed by atoms with Gasteiger partial charge in [-0.2, -0.15) is 0 Å². The van der Waals surface area contributed by atoms with Crippen LogP contribution < -0.4 is 4.74 Å². The van der Waals surface area contributed by atoms with Crippen molar-refractivity contribution in [2.45, 2.75) is 18.6 Å². The van der Waals surface area contributed by atoms with Gasteiger partial charge in [-0.15, -0.1) is 0 Å². The Hall–Kier alpha value is -1.98. The van der Waals surface area contributed by atoms with Crippen LogP contribution in [-0.2, 0) is 14.3 Å². The van der Waals surface area contributed by atoms with Crippen LogP contribution in [0, 0.1) is 0 Å². The highest BCUT2D eigenvalue weighted by molar-refractivity contribution is 5.90. The van der Waals surface area contributed by atoms with Gasteiger partial charge in [0.2, 0.25) is 0 Å².